The molecule has 0 aliphatic rings. The third-order valence-corrected chi connectivity index (χ3v) is 4.94. The van der Waals surface area contributed by atoms with E-state index in [1.54, 1.807) is 17.5 Å². The van der Waals surface area contributed by atoms with E-state index in [1.807, 2.05) is 47.8 Å². The number of anilines is 2. The van der Waals surface area contributed by atoms with Gasteiger partial charge < -0.3 is 10.2 Å². The van der Waals surface area contributed by atoms with Crippen LogP contribution in [0, 0.1) is 0 Å². The summed E-state index contributed by atoms with van der Waals surface area (Å²) < 4.78 is 0. The van der Waals surface area contributed by atoms with Crippen LogP contribution in [0.2, 0.25) is 0 Å². The second-order valence-electron chi connectivity index (χ2n) is 6.42. The molecule has 26 heavy (non-hydrogen) atoms. The summed E-state index contributed by atoms with van der Waals surface area (Å²) in [5.74, 6) is 0.882. The van der Waals surface area contributed by atoms with Gasteiger partial charge in [0.05, 0.1) is 18.3 Å². The summed E-state index contributed by atoms with van der Waals surface area (Å²) in [4.78, 5) is 20.0. The van der Waals surface area contributed by atoms with Gasteiger partial charge in [0.25, 0.3) is 0 Å². The van der Waals surface area contributed by atoms with E-state index in [9.17, 15) is 4.79 Å². The van der Waals surface area contributed by atoms with Crippen LogP contribution in [0.5, 0.6) is 0 Å². The van der Waals surface area contributed by atoms with Gasteiger partial charge in [-0.25, -0.2) is 4.98 Å². The first-order chi connectivity index (χ1) is 12.6. The molecule has 0 unspecified atom stereocenters. The number of hydrogen-bond donors (Lipinski definition) is 1. The number of carbonyl (C=O) groups is 1. The number of carbonyl (C=O) groups excluding carboxylic acids is 1. The molecular formula is C21H23N3OS. The van der Waals surface area contributed by atoms with Gasteiger partial charge >= 0.3 is 0 Å². The minimum Gasteiger partial charge on any atom is -0.350 e. The molecule has 0 bridgehead atoms. The Labute approximate surface area is 158 Å². The molecule has 0 aliphatic heterocycles. The van der Waals surface area contributed by atoms with E-state index in [-0.39, 0.29) is 5.91 Å². The van der Waals surface area contributed by atoms with Crippen LogP contribution in [0.25, 0.3) is 0 Å². The van der Waals surface area contributed by atoms with Gasteiger partial charge in [0, 0.05) is 17.5 Å². The molecule has 3 aromatic rings. The van der Waals surface area contributed by atoms with Crippen LogP contribution in [0.3, 0.4) is 0 Å². The van der Waals surface area contributed by atoms with Gasteiger partial charge in [-0.2, -0.15) is 0 Å². The third kappa shape index (κ3) is 4.92. The number of amides is 1. The maximum atomic E-state index is 12.1. The van der Waals surface area contributed by atoms with Crippen LogP contribution < -0.4 is 10.2 Å². The molecule has 0 spiro atoms. The number of thiophene rings is 1. The molecule has 0 atom stereocenters. The van der Waals surface area contributed by atoms with E-state index in [1.165, 1.54) is 5.56 Å². The number of rotatable bonds is 7. The fraction of sp³-hybridized carbons (Fsp3) is 0.238. The molecule has 3 rings (SSSR count). The molecule has 0 saturated carbocycles. The van der Waals surface area contributed by atoms with Crippen molar-refractivity contribution in [2.75, 3.05) is 10.2 Å². The summed E-state index contributed by atoms with van der Waals surface area (Å²) in [5.41, 5.74) is 1.97. The highest BCUT2D eigenvalue weighted by Crippen LogP contribution is 2.20. The van der Waals surface area contributed by atoms with Crippen molar-refractivity contribution in [1.82, 2.24) is 4.98 Å². The Morgan fingerprint density at radius 1 is 1.12 bits per heavy atom. The fourth-order valence-corrected chi connectivity index (χ4v) is 3.42. The molecule has 5 heteroatoms. The number of benzene rings is 1. The van der Waals surface area contributed by atoms with Crippen LogP contribution >= 0.6 is 11.3 Å². The van der Waals surface area contributed by atoms with Gasteiger partial charge in [0.1, 0.15) is 5.82 Å². The van der Waals surface area contributed by atoms with Crippen LogP contribution in [-0.2, 0) is 17.8 Å². The number of nitrogens with one attached hydrogen (secondary N) is 1. The molecule has 134 valence electrons. The Morgan fingerprint density at radius 2 is 1.92 bits per heavy atom. The van der Waals surface area contributed by atoms with E-state index in [2.05, 4.69) is 41.2 Å². The normalized spacial score (nSPS) is 10.7. The summed E-state index contributed by atoms with van der Waals surface area (Å²) in [7, 11) is 0. The molecule has 0 aliphatic carbocycles. The van der Waals surface area contributed by atoms with Gasteiger partial charge in [-0.15, -0.1) is 11.3 Å². The third-order valence-electron chi connectivity index (χ3n) is 4.06. The average molecular weight is 366 g/mol. The topological polar surface area (TPSA) is 45.2 Å². The average Bonchev–Trinajstić information content (AvgIpc) is 3.14. The minimum absolute atomic E-state index is 0.0213. The van der Waals surface area contributed by atoms with Crippen molar-refractivity contribution in [1.29, 1.82) is 0 Å². The Bertz CT molecular complexity index is 814. The highest BCUT2D eigenvalue weighted by molar-refractivity contribution is 7.10. The Balaban J connectivity index is 1.65. The van der Waals surface area contributed by atoms with E-state index >= 15 is 0 Å². The highest BCUT2D eigenvalue weighted by Gasteiger charge is 2.13. The number of pyridine rings is 1. The SMILES string of the molecule is CC(C)N(Cc1ccccc1)c1ccc(NC(=O)Cc2cccs2)cn1. The van der Waals surface area contributed by atoms with E-state index in [0.717, 1.165) is 22.9 Å². The summed E-state index contributed by atoms with van der Waals surface area (Å²) in [6.45, 7) is 5.11. The molecule has 0 radical (unpaired) electrons. The second-order valence-corrected chi connectivity index (χ2v) is 7.45. The molecular weight excluding hydrogens is 342 g/mol. The first-order valence-corrected chi connectivity index (χ1v) is 9.58. The van der Waals surface area contributed by atoms with Crippen LogP contribution in [0.4, 0.5) is 11.5 Å². The van der Waals surface area contributed by atoms with Crippen molar-refractivity contribution in [3.8, 4) is 0 Å². The quantitative estimate of drug-likeness (QED) is 0.658. The summed E-state index contributed by atoms with van der Waals surface area (Å²) in [6.07, 6.45) is 2.12. The lowest BCUT2D eigenvalue weighted by Gasteiger charge is -2.28. The molecule has 2 aromatic heterocycles. The fourth-order valence-electron chi connectivity index (χ4n) is 2.71. The Kier molecular flexibility index (Phi) is 6.02. The number of nitrogens with zero attached hydrogens (tertiary/aromatic N) is 2. The number of hydrogen-bond acceptors (Lipinski definition) is 4. The standard InChI is InChI=1S/C21H23N3OS/c1-16(2)24(15-17-7-4-3-5-8-17)20-11-10-18(14-22-20)23-21(25)13-19-9-6-12-26-19/h3-12,14,16H,13,15H2,1-2H3,(H,23,25). The molecule has 0 saturated heterocycles. The van der Waals surface area contributed by atoms with Crippen molar-refractivity contribution in [3.05, 3.63) is 76.6 Å². The highest BCUT2D eigenvalue weighted by atomic mass is 32.1. The zero-order chi connectivity index (χ0) is 18.4. The van der Waals surface area contributed by atoms with Crippen LogP contribution in [0.1, 0.15) is 24.3 Å². The lowest BCUT2D eigenvalue weighted by Crippen LogP contribution is -2.30. The predicted molar refractivity (Wildman–Crippen MR) is 109 cm³/mol. The van der Waals surface area contributed by atoms with Gasteiger partial charge in [-0.3, -0.25) is 4.79 Å². The van der Waals surface area contributed by atoms with E-state index < -0.39 is 0 Å². The van der Waals surface area contributed by atoms with Crippen LogP contribution in [0.15, 0.2) is 66.2 Å². The summed E-state index contributed by atoms with van der Waals surface area (Å²) in [5, 5.41) is 4.89. The van der Waals surface area contributed by atoms with Crippen molar-refractivity contribution >= 4 is 28.7 Å². The maximum Gasteiger partial charge on any atom is 0.229 e. The van der Waals surface area contributed by atoms with Crippen molar-refractivity contribution in [3.63, 3.8) is 0 Å². The largest absolute Gasteiger partial charge is 0.350 e. The number of aromatic nitrogens is 1. The lowest BCUT2D eigenvalue weighted by atomic mass is 10.2. The molecule has 2 heterocycles. The molecule has 0 fully saturated rings. The first kappa shape index (κ1) is 18.1. The van der Waals surface area contributed by atoms with Gasteiger partial charge in [-0.1, -0.05) is 36.4 Å². The monoisotopic (exact) mass is 365 g/mol. The van der Waals surface area contributed by atoms with E-state index in [4.69, 9.17) is 0 Å². The van der Waals surface area contributed by atoms with Crippen LogP contribution in [-0.4, -0.2) is 16.9 Å². The minimum atomic E-state index is -0.0213. The van der Waals surface area contributed by atoms with Gasteiger partial charge in [0.2, 0.25) is 5.91 Å². The Hall–Kier alpha value is -2.66. The summed E-state index contributed by atoms with van der Waals surface area (Å²) in [6, 6.07) is 18.5. The van der Waals surface area contributed by atoms with Gasteiger partial charge in [0.15, 0.2) is 0 Å². The smallest absolute Gasteiger partial charge is 0.229 e. The van der Waals surface area contributed by atoms with Crippen molar-refractivity contribution < 1.29 is 4.79 Å². The maximum absolute atomic E-state index is 12.1. The molecule has 1 amide bonds. The van der Waals surface area contributed by atoms with Crippen molar-refractivity contribution in [2.45, 2.75) is 32.9 Å². The molecule has 4 nitrogen and oxygen atoms in total. The first-order valence-electron chi connectivity index (χ1n) is 8.70. The predicted octanol–water partition coefficient (Wildman–Crippen LogP) is 4.74. The zero-order valence-corrected chi connectivity index (χ0v) is 15.9. The summed E-state index contributed by atoms with van der Waals surface area (Å²) >= 11 is 1.59. The zero-order valence-electron chi connectivity index (χ0n) is 15.1. The lowest BCUT2D eigenvalue weighted by molar-refractivity contribution is -0.115. The molecule has 1 aromatic carbocycles. The van der Waals surface area contributed by atoms with E-state index in [0.29, 0.717) is 12.5 Å². The Morgan fingerprint density at radius 3 is 2.54 bits per heavy atom. The van der Waals surface area contributed by atoms with Gasteiger partial charge in [-0.05, 0) is 43.0 Å². The molecule has 1 N–H and O–H groups in total. The van der Waals surface area contributed by atoms with Crippen molar-refractivity contribution in [2.24, 2.45) is 0 Å². The second kappa shape index (κ2) is 8.63.